The van der Waals surface area contributed by atoms with Gasteiger partial charge in [-0.25, -0.2) is 4.98 Å². The minimum Gasteiger partial charge on any atom is -0.399 e. The zero-order valence-electron chi connectivity index (χ0n) is 17.4. The molecule has 2 aromatic carbocycles. The highest BCUT2D eigenvalue weighted by molar-refractivity contribution is 6.30. The van der Waals surface area contributed by atoms with Crippen LogP contribution in [0.25, 0.3) is 22.6 Å². The zero-order chi connectivity index (χ0) is 22.1. The molecule has 4 aromatic rings. The number of aromatic amines is 1. The second-order valence-electron chi connectivity index (χ2n) is 7.98. The molecular formula is C25H22ClN5O. The number of nitrogen functional groups attached to an aromatic ring is 1. The van der Waals surface area contributed by atoms with Gasteiger partial charge in [0.1, 0.15) is 5.82 Å². The van der Waals surface area contributed by atoms with Gasteiger partial charge >= 0.3 is 0 Å². The number of fused-ring (bicyclic) bond motifs is 1. The molecule has 0 unspecified atom stereocenters. The third-order valence-corrected chi connectivity index (χ3v) is 5.92. The number of hydrogen-bond donors (Lipinski definition) is 2. The van der Waals surface area contributed by atoms with Crippen molar-refractivity contribution < 1.29 is 0 Å². The van der Waals surface area contributed by atoms with Gasteiger partial charge in [0.15, 0.2) is 0 Å². The minimum absolute atomic E-state index is 0.0824. The average molecular weight is 444 g/mol. The van der Waals surface area contributed by atoms with Crippen LogP contribution in [-0.4, -0.2) is 26.4 Å². The lowest BCUT2D eigenvalue weighted by Crippen LogP contribution is -2.35. The van der Waals surface area contributed by atoms with Crippen molar-refractivity contribution in [1.29, 1.82) is 0 Å². The molecule has 1 aliphatic heterocycles. The molecule has 0 atom stereocenters. The summed E-state index contributed by atoms with van der Waals surface area (Å²) in [5.41, 5.74) is 11.8. The number of anilines is 1. The molecule has 0 aliphatic carbocycles. The molecular weight excluding hydrogens is 422 g/mol. The Labute approximate surface area is 190 Å². The first-order valence-corrected chi connectivity index (χ1v) is 10.8. The van der Waals surface area contributed by atoms with Gasteiger partial charge in [-0.2, -0.15) is 0 Å². The van der Waals surface area contributed by atoms with E-state index in [4.69, 9.17) is 22.3 Å². The van der Waals surface area contributed by atoms with Gasteiger partial charge in [-0.15, -0.1) is 0 Å². The molecule has 0 spiro atoms. The Balaban J connectivity index is 1.31. The number of nitrogens with two attached hydrogens (primary N) is 1. The van der Waals surface area contributed by atoms with Gasteiger partial charge in [0, 0.05) is 54.1 Å². The topological polar surface area (TPSA) is 87.9 Å². The molecule has 32 heavy (non-hydrogen) atoms. The Kier molecular flexibility index (Phi) is 5.47. The Morgan fingerprint density at radius 1 is 1.06 bits per heavy atom. The summed E-state index contributed by atoms with van der Waals surface area (Å²) in [6.45, 7) is 2.12. The maximum atomic E-state index is 12.8. The quantitative estimate of drug-likeness (QED) is 0.459. The van der Waals surface area contributed by atoms with Crippen LogP contribution in [0.2, 0.25) is 5.02 Å². The van der Waals surface area contributed by atoms with Crippen LogP contribution in [-0.2, 0) is 19.5 Å². The molecule has 0 saturated heterocycles. The number of hydrogen-bond acceptors (Lipinski definition) is 5. The van der Waals surface area contributed by atoms with Crippen LogP contribution in [0.1, 0.15) is 16.8 Å². The van der Waals surface area contributed by atoms with E-state index in [0.29, 0.717) is 23.1 Å². The Morgan fingerprint density at radius 2 is 1.91 bits per heavy atom. The second kappa shape index (κ2) is 8.57. The van der Waals surface area contributed by atoms with E-state index in [9.17, 15) is 4.79 Å². The van der Waals surface area contributed by atoms with Crippen molar-refractivity contribution >= 4 is 17.3 Å². The Morgan fingerprint density at radius 3 is 2.66 bits per heavy atom. The van der Waals surface area contributed by atoms with E-state index in [-0.39, 0.29) is 5.56 Å². The fourth-order valence-electron chi connectivity index (χ4n) is 3.99. The summed E-state index contributed by atoms with van der Waals surface area (Å²) in [7, 11) is 0. The largest absolute Gasteiger partial charge is 0.399 e. The number of nitrogens with one attached hydrogen (secondary N) is 1. The highest BCUT2D eigenvalue weighted by Crippen LogP contribution is 2.23. The average Bonchev–Trinajstić information content (AvgIpc) is 2.80. The SMILES string of the molecule is Nc1ccc(-c2nc3c(c(=O)[nH]2)CN(Cc2ccc(-c4cccc(Cl)c4)nc2)CC3)cc1. The molecule has 0 amide bonds. The van der Waals surface area contributed by atoms with Gasteiger partial charge in [0.25, 0.3) is 5.56 Å². The van der Waals surface area contributed by atoms with Gasteiger partial charge in [0.2, 0.25) is 0 Å². The maximum absolute atomic E-state index is 12.8. The van der Waals surface area contributed by atoms with Crippen LogP contribution in [0.15, 0.2) is 71.7 Å². The minimum atomic E-state index is -0.0824. The first-order valence-electron chi connectivity index (χ1n) is 10.5. The van der Waals surface area contributed by atoms with Crippen molar-refractivity contribution in [3.63, 3.8) is 0 Å². The summed E-state index contributed by atoms with van der Waals surface area (Å²) in [4.78, 5) is 27.3. The monoisotopic (exact) mass is 443 g/mol. The summed E-state index contributed by atoms with van der Waals surface area (Å²) < 4.78 is 0. The van der Waals surface area contributed by atoms with Crippen molar-refractivity contribution in [3.8, 4) is 22.6 Å². The standard InChI is InChI=1S/C25H22ClN5O/c26-19-3-1-2-18(12-19)22-9-4-16(13-28-22)14-31-11-10-23-21(15-31)25(32)30-24(29-23)17-5-7-20(27)8-6-17/h1-9,12-13H,10-11,14-15,27H2,(H,29,30,32). The smallest absolute Gasteiger partial charge is 0.255 e. The van der Waals surface area contributed by atoms with Crippen molar-refractivity contribution in [1.82, 2.24) is 19.9 Å². The van der Waals surface area contributed by atoms with Gasteiger partial charge < -0.3 is 10.7 Å². The third kappa shape index (κ3) is 4.28. The number of H-pyrrole nitrogens is 1. The van der Waals surface area contributed by atoms with Gasteiger partial charge in [0.05, 0.1) is 17.0 Å². The fourth-order valence-corrected chi connectivity index (χ4v) is 4.18. The first-order chi connectivity index (χ1) is 15.5. The number of rotatable bonds is 4. The Bertz CT molecular complexity index is 1320. The lowest BCUT2D eigenvalue weighted by atomic mass is 10.1. The molecule has 0 radical (unpaired) electrons. The maximum Gasteiger partial charge on any atom is 0.255 e. The van der Waals surface area contributed by atoms with Crippen molar-refractivity contribution in [2.75, 3.05) is 12.3 Å². The molecule has 160 valence electrons. The van der Waals surface area contributed by atoms with E-state index >= 15 is 0 Å². The van der Waals surface area contributed by atoms with E-state index in [2.05, 4.69) is 20.9 Å². The van der Waals surface area contributed by atoms with Crippen LogP contribution in [0.4, 0.5) is 5.69 Å². The highest BCUT2D eigenvalue weighted by Gasteiger charge is 2.21. The van der Waals surface area contributed by atoms with Crippen LogP contribution < -0.4 is 11.3 Å². The van der Waals surface area contributed by atoms with Gasteiger partial charge in [-0.05, 0) is 48.0 Å². The number of pyridine rings is 1. The van der Waals surface area contributed by atoms with E-state index in [1.807, 2.05) is 60.8 Å². The third-order valence-electron chi connectivity index (χ3n) is 5.68. The first kappa shape index (κ1) is 20.4. The van der Waals surface area contributed by atoms with Gasteiger partial charge in [-0.3, -0.25) is 14.7 Å². The second-order valence-corrected chi connectivity index (χ2v) is 8.42. The van der Waals surface area contributed by atoms with Crippen molar-refractivity contribution in [3.05, 3.63) is 99.1 Å². The lowest BCUT2D eigenvalue weighted by Gasteiger charge is -2.27. The van der Waals surface area contributed by atoms with Gasteiger partial charge in [-0.1, -0.05) is 29.8 Å². The normalized spacial score (nSPS) is 13.7. The van der Waals surface area contributed by atoms with Crippen LogP contribution in [0, 0.1) is 0 Å². The number of benzene rings is 2. The molecule has 0 bridgehead atoms. The molecule has 1 aliphatic rings. The molecule has 3 N–H and O–H groups in total. The Hall–Kier alpha value is -3.48. The summed E-state index contributed by atoms with van der Waals surface area (Å²) in [6, 6.07) is 19.1. The highest BCUT2D eigenvalue weighted by atomic mass is 35.5. The lowest BCUT2D eigenvalue weighted by molar-refractivity contribution is 0.241. The summed E-state index contributed by atoms with van der Waals surface area (Å²) in [5, 5.41) is 0.693. The molecule has 3 heterocycles. The summed E-state index contributed by atoms with van der Waals surface area (Å²) in [5.74, 6) is 0.586. The van der Waals surface area contributed by atoms with Crippen molar-refractivity contribution in [2.45, 2.75) is 19.5 Å². The molecule has 5 rings (SSSR count). The summed E-state index contributed by atoms with van der Waals surface area (Å²) >= 11 is 6.09. The van der Waals surface area contributed by atoms with E-state index < -0.39 is 0 Å². The van der Waals surface area contributed by atoms with Crippen molar-refractivity contribution in [2.24, 2.45) is 0 Å². The number of halogens is 1. The van der Waals surface area contributed by atoms with E-state index in [0.717, 1.165) is 53.2 Å². The number of aromatic nitrogens is 3. The number of nitrogens with zero attached hydrogens (tertiary/aromatic N) is 3. The predicted molar refractivity (Wildman–Crippen MR) is 127 cm³/mol. The molecule has 0 fully saturated rings. The predicted octanol–water partition coefficient (Wildman–Crippen LogP) is 4.29. The summed E-state index contributed by atoms with van der Waals surface area (Å²) in [6.07, 6.45) is 2.62. The zero-order valence-corrected chi connectivity index (χ0v) is 18.1. The van der Waals surface area contributed by atoms with E-state index in [1.54, 1.807) is 0 Å². The van der Waals surface area contributed by atoms with Crippen LogP contribution in [0.5, 0.6) is 0 Å². The molecule has 2 aromatic heterocycles. The van der Waals surface area contributed by atoms with E-state index in [1.165, 1.54) is 0 Å². The van der Waals surface area contributed by atoms with Crippen LogP contribution >= 0.6 is 11.6 Å². The fraction of sp³-hybridized carbons (Fsp3) is 0.160. The van der Waals surface area contributed by atoms with Crippen LogP contribution in [0.3, 0.4) is 0 Å². The molecule has 0 saturated carbocycles. The molecule has 6 nitrogen and oxygen atoms in total. The molecule has 7 heteroatoms.